The molecule has 0 amide bonds. The zero-order valence-electron chi connectivity index (χ0n) is 14.5. The standard InChI is InChI=1S/C20H20N4.ClH/c1-12(2)14-4-6-15(7-5-14)24-18-10-13(3)23-16-8-9-17-20(19(16)18)22-11-21-17;/h4-12,23-24H,1-3H3;1H. The maximum absolute atomic E-state index is 4.45. The number of nitrogens with zero attached hydrogens (tertiary/aromatic N) is 2. The SMILES string of the molecule is Cc1cc(Nc2ccc(C(C)C)cc2)c2c(ccc3ncnc32)[nH]1.Cl. The predicted octanol–water partition coefficient (Wildman–Crippen LogP) is 5.71. The van der Waals surface area contributed by atoms with Crippen LogP contribution in [0.25, 0.3) is 21.9 Å². The molecule has 128 valence electrons. The second-order valence-corrected chi connectivity index (χ2v) is 6.50. The van der Waals surface area contributed by atoms with E-state index < -0.39 is 0 Å². The van der Waals surface area contributed by atoms with Crippen molar-refractivity contribution in [2.45, 2.75) is 26.7 Å². The van der Waals surface area contributed by atoms with Crippen LogP contribution < -0.4 is 5.32 Å². The van der Waals surface area contributed by atoms with Gasteiger partial charge in [-0.3, -0.25) is 0 Å². The molecule has 0 bridgehead atoms. The molecular weight excluding hydrogens is 332 g/mol. The van der Waals surface area contributed by atoms with Gasteiger partial charge in [-0.05, 0) is 48.7 Å². The molecule has 0 saturated heterocycles. The first-order chi connectivity index (χ1) is 11.6. The Balaban J connectivity index is 0.00000182. The van der Waals surface area contributed by atoms with E-state index in [2.05, 4.69) is 77.4 Å². The van der Waals surface area contributed by atoms with E-state index in [1.54, 1.807) is 6.33 Å². The zero-order chi connectivity index (χ0) is 16.7. The van der Waals surface area contributed by atoms with Gasteiger partial charge in [0.1, 0.15) is 11.8 Å². The predicted molar refractivity (Wildman–Crippen MR) is 107 cm³/mol. The van der Waals surface area contributed by atoms with Crippen LogP contribution in [-0.2, 0) is 0 Å². The summed E-state index contributed by atoms with van der Waals surface area (Å²) in [5.41, 5.74) is 7.45. The number of aryl methyl sites for hydroxylation is 1. The lowest BCUT2D eigenvalue weighted by Crippen LogP contribution is -1.96. The molecule has 0 atom stereocenters. The largest absolute Gasteiger partial charge is 0.358 e. The molecule has 0 aliphatic heterocycles. The number of H-pyrrole nitrogens is 1. The highest BCUT2D eigenvalue weighted by Gasteiger charge is 2.10. The summed E-state index contributed by atoms with van der Waals surface area (Å²) in [6.45, 7) is 6.47. The fourth-order valence-corrected chi connectivity index (χ4v) is 3.08. The summed E-state index contributed by atoms with van der Waals surface area (Å²) >= 11 is 0. The van der Waals surface area contributed by atoms with Crippen LogP contribution in [0.1, 0.15) is 31.0 Å². The summed E-state index contributed by atoms with van der Waals surface area (Å²) in [5.74, 6) is 0.535. The molecule has 4 rings (SSSR count). The highest BCUT2D eigenvalue weighted by Crippen LogP contribution is 2.31. The number of fused-ring (bicyclic) bond motifs is 3. The van der Waals surface area contributed by atoms with Gasteiger partial charge in [0.2, 0.25) is 0 Å². The van der Waals surface area contributed by atoms with E-state index in [0.29, 0.717) is 5.92 Å². The van der Waals surface area contributed by atoms with Gasteiger partial charge in [0.25, 0.3) is 0 Å². The molecule has 5 heteroatoms. The number of anilines is 2. The lowest BCUT2D eigenvalue weighted by Gasteiger charge is -2.13. The Hall–Kier alpha value is -2.59. The third-order valence-corrected chi connectivity index (χ3v) is 4.36. The lowest BCUT2D eigenvalue weighted by molar-refractivity contribution is 0.867. The maximum Gasteiger partial charge on any atom is 0.116 e. The number of rotatable bonds is 3. The van der Waals surface area contributed by atoms with Crippen LogP contribution in [0.3, 0.4) is 0 Å². The van der Waals surface area contributed by atoms with Crippen LogP contribution in [0.2, 0.25) is 0 Å². The highest BCUT2D eigenvalue weighted by atomic mass is 35.5. The van der Waals surface area contributed by atoms with E-state index in [4.69, 9.17) is 0 Å². The van der Waals surface area contributed by atoms with E-state index in [0.717, 1.165) is 39.0 Å². The van der Waals surface area contributed by atoms with Crippen molar-refractivity contribution in [1.29, 1.82) is 0 Å². The zero-order valence-corrected chi connectivity index (χ0v) is 15.3. The van der Waals surface area contributed by atoms with Crippen LogP contribution in [0.5, 0.6) is 0 Å². The van der Waals surface area contributed by atoms with Gasteiger partial charge < -0.3 is 10.3 Å². The summed E-state index contributed by atoms with van der Waals surface area (Å²) in [7, 11) is 0. The molecule has 2 N–H and O–H groups in total. The van der Waals surface area contributed by atoms with Gasteiger partial charge in [0.15, 0.2) is 0 Å². The molecule has 0 aliphatic rings. The molecule has 0 unspecified atom stereocenters. The first-order valence-electron chi connectivity index (χ1n) is 8.22. The molecule has 2 aromatic carbocycles. The molecule has 2 heterocycles. The van der Waals surface area contributed by atoms with Crippen molar-refractivity contribution in [1.82, 2.24) is 15.0 Å². The molecule has 0 spiro atoms. The minimum atomic E-state index is 0. The van der Waals surface area contributed by atoms with E-state index in [-0.39, 0.29) is 12.4 Å². The number of aromatic amines is 1. The summed E-state index contributed by atoms with van der Waals surface area (Å²) < 4.78 is 0. The number of hydrogen-bond donors (Lipinski definition) is 2. The van der Waals surface area contributed by atoms with E-state index >= 15 is 0 Å². The lowest BCUT2D eigenvalue weighted by atomic mass is 10.0. The molecule has 2 aromatic heterocycles. The van der Waals surface area contributed by atoms with E-state index in [1.807, 2.05) is 6.07 Å². The monoisotopic (exact) mass is 352 g/mol. The Labute approximate surface area is 153 Å². The number of pyridine rings is 1. The van der Waals surface area contributed by atoms with E-state index in [9.17, 15) is 0 Å². The molecule has 4 aromatic rings. The van der Waals surface area contributed by atoms with Crippen molar-refractivity contribution < 1.29 is 0 Å². The van der Waals surface area contributed by atoms with Crippen molar-refractivity contribution >= 4 is 45.7 Å². The average Bonchev–Trinajstić information content (AvgIpc) is 3.03. The minimum absolute atomic E-state index is 0. The summed E-state index contributed by atoms with van der Waals surface area (Å²) in [6, 6.07) is 14.8. The van der Waals surface area contributed by atoms with Gasteiger partial charge in [0, 0.05) is 22.3 Å². The van der Waals surface area contributed by atoms with Gasteiger partial charge in [-0.2, -0.15) is 0 Å². The number of hydrogen-bond acceptors (Lipinski definition) is 3. The van der Waals surface area contributed by atoms with Gasteiger partial charge in [-0.15, -0.1) is 12.4 Å². The van der Waals surface area contributed by atoms with Crippen molar-refractivity contribution in [2.75, 3.05) is 5.32 Å². The molecular formula is C20H21ClN4. The first kappa shape index (κ1) is 17.2. The molecule has 0 aliphatic carbocycles. The average molecular weight is 353 g/mol. The topological polar surface area (TPSA) is 53.6 Å². The second-order valence-electron chi connectivity index (χ2n) is 6.50. The van der Waals surface area contributed by atoms with Gasteiger partial charge in [0.05, 0.1) is 11.2 Å². The summed E-state index contributed by atoms with van der Waals surface area (Å²) in [4.78, 5) is 12.2. The Morgan fingerprint density at radius 2 is 1.76 bits per heavy atom. The fraction of sp³-hybridized carbons (Fsp3) is 0.200. The van der Waals surface area contributed by atoms with Crippen LogP contribution in [-0.4, -0.2) is 15.0 Å². The van der Waals surface area contributed by atoms with E-state index in [1.165, 1.54) is 5.56 Å². The Bertz CT molecular complexity index is 1020. The Morgan fingerprint density at radius 1 is 1.00 bits per heavy atom. The first-order valence-corrected chi connectivity index (χ1v) is 8.22. The summed E-state index contributed by atoms with van der Waals surface area (Å²) in [6.07, 6.45) is 1.62. The summed E-state index contributed by atoms with van der Waals surface area (Å²) in [5, 5.41) is 4.62. The third kappa shape index (κ3) is 3.17. The number of nitrogens with one attached hydrogen (secondary N) is 2. The maximum atomic E-state index is 4.45. The van der Waals surface area contributed by atoms with Gasteiger partial charge >= 0.3 is 0 Å². The minimum Gasteiger partial charge on any atom is -0.358 e. The normalized spacial score (nSPS) is 11.0. The van der Waals surface area contributed by atoms with Gasteiger partial charge in [-0.1, -0.05) is 26.0 Å². The smallest absolute Gasteiger partial charge is 0.116 e. The number of benzene rings is 2. The highest BCUT2D eigenvalue weighted by molar-refractivity contribution is 6.10. The Kier molecular flexibility index (Phi) is 4.64. The molecule has 0 fully saturated rings. The van der Waals surface area contributed by atoms with Crippen LogP contribution in [0, 0.1) is 6.92 Å². The second kappa shape index (κ2) is 6.73. The number of aromatic nitrogens is 3. The Morgan fingerprint density at radius 3 is 2.48 bits per heavy atom. The molecule has 0 radical (unpaired) electrons. The van der Waals surface area contributed by atoms with Crippen molar-refractivity contribution in [3.05, 3.63) is 60.0 Å². The number of halogens is 1. The van der Waals surface area contributed by atoms with Crippen molar-refractivity contribution in [3.63, 3.8) is 0 Å². The third-order valence-electron chi connectivity index (χ3n) is 4.36. The number of imidazole rings is 1. The van der Waals surface area contributed by atoms with Crippen molar-refractivity contribution in [3.8, 4) is 0 Å². The van der Waals surface area contributed by atoms with Crippen LogP contribution in [0.15, 0.2) is 48.8 Å². The molecule has 25 heavy (non-hydrogen) atoms. The molecule has 0 saturated carbocycles. The van der Waals surface area contributed by atoms with Crippen LogP contribution in [0.4, 0.5) is 11.4 Å². The quantitative estimate of drug-likeness (QED) is 0.496. The van der Waals surface area contributed by atoms with Crippen LogP contribution >= 0.6 is 12.4 Å². The van der Waals surface area contributed by atoms with Crippen molar-refractivity contribution in [2.24, 2.45) is 0 Å². The fourth-order valence-electron chi connectivity index (χ4n) is 3.08. The van der Waals surface area contributed by atoms with Gasteiger partial charge in [-0.25, -0.2) is 9.97 Å². The molecule has 4 nitrogen and oxygen atoms in total.